The second-order valence-electron chi connectivity index (χ2n) is 7.67. The Hall–Kier alpha value is -3.19. The molecule has 0 amide bonds. The molecule has 0 bridgehead atoms. The zero-order valence-corrected chi connectivity index (χ0v) is 19.3. The SMILES string of the molecule is CCCC(C(=O)OC)C1N=C(c2ccc(Cl)cc2)c2cc(OC)ccc2-n2c(C)nnc21. The largest absolute Gasteiger partial charge is 0.497 e. The van der Waals surface area contributed by atoms with Gasteiger partial charge in [-0.15, -0.1) is 10.2 Å². The van der Waals surface area contributed by atoms with Crippen molar-refractivity contribution in [3.8, 4) is 11.4 Å². The molecule has 4 rings (SSSR count). The van der Waals surface area contributed by atoms with E-state index in [-0.39, 0.29) is 5.97 Å². The molecule has 2 aromatic carbocycles. The van der Waals surface area contributed by atoms with Gasteiger partial charge in [0.2, 0.25) is 0 Å². The summed E-state index contributed by atoms with van der Waals surface area (Å²) in [5.74, 6) is 1.22. The Balaban J connectivity index is 2.03. The summed E-state index contributed by atoms with van der Waals surface area (Å²) in [6, 6.07) is 12.7. The van der Waals surface area contributed by atoms with E-state index in [0.717, 1.165) is 28.9 Å². The fourth-order valence-corrected chi connectivity index (χ4v) is 4.26. The van der Waals surface area contributed by atoms with Gasteiger partial charge in [0, 0.05) is 16.1 Å². The van der Waals surface area contributed by atoms with Crippen LogP contribution in [-0.2, 0) is 9.53 Å². The number of fused-ring (bicyclic) bond motifs is 3. The number of methoxy groups -OCH3 is 2. The van der Waals surface area contributed by atoms with Gasteiger partial charge in [0.1, 0.15) is 17.6 Å². The number of carbonyl (C=O) groups is 1. The second-order valence-corrected chi connectivity index (χ2v) is 8.11. The molecule has 8 heteroatoms. The van der Waals surface area contributed by atoms with Gasteiger partial charge < -0.3 is 9.47 Å². The van der Waals surface area contributed by atoms with Crippen molar-refractivity contribution in [1.82, 2.24) is 14.8 Å². The molecule has 0 aliphatic carbocycles. The first-order chi connectivity index (χ1) is 15.5. The lowest BCUT2D eigenvalue weighted by molar-refractivity contribution is -0.146. The van der Waals surface area contributed by atoms with Crippen LogP contribution < -0.4 is 4.74 Å². The molecule has 0 saturated heterocycles. The molecule has 0 spiro atoms. The number of ether oxygens (including phenoxy) is 2. The third-order valence-corrected chi connectivity index (χ3v) is 5.94. The number of aromatic nitrogens is 3. The Morgan fingerprint density at radius 3 is 2.56 bits per heavy atom. The highest BCUT2D eigenvalue weighted by Crippen LogP contribution is 2.38. The number of rotatable bonds is 6. The quantitative estimate of drug-likeness (QED) is 0.505. The van der Waals surface area contributed by atoms with Crippen LogP contribution in [0.15, 0.2) is 47.5 Å². The van der Waals surface area contributed by atoms with E-state index in [9.17, 15) is 4.79 Å². The zero-order valence-electron chi connectivity index (χ0n) is 18.5. The molecule has 2 heterocycles. The third-order valence-electron chi connectivity index (χ3n) is 5.68. The molecular weight excluding hydrogens is 428 g/mol. The molecular formula is C24H25ClN4O3. The maximum atomic E-state index is 12.8. The lowest BCUT2D eigenvalue weighted by Crippen LogP contribution is -2.25. The third kappa shape index (κ3) is 3.88. The number of benzene rings is 2. The number of esters is 1. The molecule has 0 saturated carbocycles. The highest BCUT2D eigenvalue weighted by molar-refractivity contribution is 6.30. The summed E-state index contributed by atoms with van der Waals surface area (Å²) >= 11 is 6.14. The predicted octanol–water partition coefficient (Wildman–Crippen LogP) is 4.72. The molecule has 0 radical (unpaired) electrons. The summed E-state index contributed by atoms with van der Waals surface area (Å²) < 4.78 is 12.6. The average molecular weight is 453 g/mol. The molecule has 32 heavy (non-hydrogen) atoms. The van der Waals surface area contributed by atoms with Crippen LogP contribution in [0.5, 0.6) is 5.75 Å². The summed E-state index contributed by atoms with van der Waals surface area (Å²) in [4.78, 5) is 17.9. The van der Waals surface area contributed by atoms with E-state index in [4.69, 9.17) is 26.1 Å². The molecule has 1 aromatic heterocycles. The van der Waals surface area contributed by atoms with Gasteiger partial charge >= 0.3 is 5.97 Å². The minimum atomic E-state index is -0.562. The van der Waals surface area contributed by atoms with E-state index in [2.05, 4.69) is 10.2 Å². The second kappa shape index (κ2) is 9.12. The van der Waals surface area contributed by atoms with E-state index in [1.54, 1.807) is 7.11 Å². The number of carbonyl (C=O) groups excluding carboxylic acids is 1. The number of aliphatic imine (C=N–C) groups is 1. The fourth-order valence-electron chi connectivity index (χ4n) is 4.14. The van der Waals surface area contributed by atoms with Crippen LogP contribution in [0, 0.1) is 12.8 Å². The number of hydrogen-bond donors (Lipinski definition) is 0. The first kappa shape index (κ1) is 22.0. The lowest BCUT2D eigenvalue weighted by atomic mass is 9.94. The van der Waals surface area contributed by atoms with Crippen LogP contribution in [0.3, 0.4) is 0 Å². The van der Waals surface area contributed by atoms with Crippen molar-refractivity contribution in [3.63, 3.8) is 0 Å². The zero-order chi connectivity index (χ0) is 22.8. The maximum absolute atomic E-state index is 12.8. The standard InChI is InChI=1S/C24H25ClN4O3/c1-5-6-18(24(30)32-4)22-23-28-27-14(2)29(23)20-12-11-17(31-3)13-19(20)21(26-22)15-7-9-16(25)10-8-15/h7-13,18,22H,5-6H2,1-4H3. The van der Waals surface area contributed by atoms with Gasteiger partial charge in [-0.25, -0.2) is 0 Å². The monoisotopic (exact) mass is 452 g/mol. The lowest BCUT2D eigenvalue weighted by Gasteiger charge is -2.21. The highest BCUT2D eigenvalue weighted by atomic mass is 35.5. The average Bonchev–Trinajstić information content (AvgIpc) is 3.12. The van der Waals surface area contributed by atoms with E-state index in [1.807, 2.05) is 60.9 Å². The summed E-state index contributed by atoms with van der Waals surface area (Å²) in [6.07, 6.45) is 1.41. The van der Waals surface area contributed by atoms with E-state index < -0.39 is 12.0 Å². The number of aryl methyl sites for hydroxylation is 1. The Bertz CT molecular complexity index is 1170. The van der Waals surface area contributed by atoms with Crippen LogP contribution in [-0.4, -0.2) is 40.7 Å². The van der Waals surface area contributed by atoms with Crippen LogP contribution in [0.1, 0.15) is 48.6 Å². The normalized spacial score (nSPS) is 15.8. The molecule has 7 nitrogen and oxygen atoms in total. The first-order valence-electron chi connectivity index (χ1n) is 10.5. The van der Waals surface area contributed by atoms with Gasteiger partial charge in [0.15, 0.2) is 5.82 Å². The van der Waals surface area contributed by atoms with Crippen molar-refractivity contribution in [1.29, 1.82) is 0 Å². The van der Waals surface area contributed by atoms with Crippen molar-refractivity contribution < 1.29 is 14.3 Å². The van der Waals surface area contributed by atoms with Crippen molar-refractivity contribution in [3.05, 3.63) is 70.3 Å². The minimum Gasteiger partial charge on any atom is -0.497 e. The Kier molecular flexibility index (Phi) is 6.28. The van der Waals surface area contributed by atoms with E-state index >= 15 is 0 Å². The van der Waals surface area contributed by atoms with Gasteiger partial charge in [-0.3, -0.25) is 14.4 Å². The molecule has 166 valence electrons. The fraction of sp³-hybridized carbons (Fsp3) is 0.333. The van der Waals surface area contributed by atoms with Crippen LogP contribution in [0.4, 0.5) is 0 Å². The predicted molar refractivity (Wildman–Crippen MR) is 123 cm³/mol. The summed E-state index contributed by atoms with van der Waals surface area (Å²) in [6.45, 7) is 3.92. The molecule has 2 atom stereocenters. The maximum Gasteiger partial charge on any atom is 0.311 e. The molecule has 0 N–H and O–H groups in total. The molecule has 3 aromatic rings. The summed E-state index contributed by atoms with van der Waals surface area (Å²) in [5, 5.41) is 9.39. The molecule has 2 unspecified atom stereocenters. The topological polar surface area (TPSA) is 78.6 Å². The van der Waals surface area contributed by atoms with Crippen molar-refractivity contribution in [2.45, 2.75) is 32.7 Å². The van der Waals surface area contributed by atoms with Crippen LogP contribution >= 0.6 is 11.6 Å². The Labute approximate surface area is 192 Å². The van der Waals surface area contributed by atoms with Gasteiger partial charge in [-0.2, -0.15) is 0 Å². The van der Waals surface area contributed by atoms with Crippen molar-refractivity contribution >= 4 is 23.3 Å². The van der Waals surface area contributed by atoms with Crippen LogP contribution in [0.2, 0.25) is 5.02 Å². The van der Waals surface area contributed by atoms with Gasteiger partial charge in [0.25, 0.3) is 0 Å². The number of hydrogen-bond acceptors (Lipinski definition) is 6. The van der Waals surface area contributed by atoms with Crippen molar-refractivity contribution in [2.75, 3.05) is 14.2 Å². The van der Waals surface area contributed by atoms with E-state index in [1.165, 1.54) is 7.11 Å². The van der Waals surface area contributed by atoms with Gasteiger partial charge in [0.05, 0.1) is 31.5 Å². The molecule has 1 aliphatic rings. The van der Waals surface area contributed by atoms with Gasteiger partial charge in [-0.05, 0) is 43.7 Å². The summed E-state index contributed by atoms with van der Waals surface area (Å²) in [7, 11) is 3.03. The van der Waals surface area contributed by atoms with Crippen LogP contribution in [0.25, 0.3) is 5.69 Å². The number of nitrogens with zero attached hydrogens (tertiary/aromatic N) is 4. The van der Waals surface area contributed by atoms with Crippen molar-refractivity contribution in [2.24, 2.45) is 10.9 Å². The molecule has 0 fully saturated rings. The number of halogens is 1. The summed E-state index contributed by atoms with van der Waals surface area (Å²) in [5.41, 5.74) is 3.35. The Morgan fingerprint density at radius 2 is 1.91 bits per heavy atom. The minimum absolute atomic E-state index is 0.313. The van der Waals surface area contributed by atoms with E-state index in [0.29, 0.717) is 28.8 Å². The highest BCUT2D eigenvalue weighted by Gasteiger charge is 2.37. The smallest absolute Gasteiger partial charge is 0.311 e. The molecule has 1 aliphatic heterocycles. The van der Waals surface area contributed by atoms with Gasteiger partial charge in [-0.1, -0.05) is 37.1 Å². The Morgan fingerprint density at radius 1 is 1.16 bits per heavy atom. The first-order valence-corrected chi connectivity index (χ1v) is 10.9.